The highest BCUT2D eigenvalue weighted by Crippen LogP contribution is 2.32. The number of nitrogens with zero attached hydrogens (tertiary/aromatic N) is 3. The summed E-state index contributed by atoms with van der Waals surface area (Å²) in [5, 5.41) is 11.7. The molecule has 154 valence electrons. The Bertz CT molecular complexity index is 1130. The predicted octanol–water partition coefficient (Wildman–Crippen LogP) is 2.43. The molecule has 0 unspecified atom stereocenters. The van der Waals surface area contributed by atoms with Crippen LogP contribution >= 0.6 is 0 Å². The summed E-state index contributed by atoms with van der Waals surface area (Å²) in [7, 11) is 0. The largest absolute Gasteiger partial charge is 0.378 e. The number of nitrogens with one attached hydrogen (secondary N) is 2. The lowest BCUT2D eigenvalue weighted by Crippen LogP contribution is -2.45. The van der Waals surface area contributed by atoms with E-state index in [2.05, 4.69) is 15.5 Å². The van der Waals surface area contributed by atoms with E-state index < -0.39 is 0 Å². The van der Waals surface area contributed by atoms with Gasteiger partial charge >= 0.3 is 0 Å². The Kier molecular flexibility index (Phi) is 4.63. The number of H-pyrrole nitrogens is 1. The van der Waals surface area contributed by atoms with Crippen molar-refractivity contribution in [2.75, 3.05) is 38.2 Å². The maximum absolute atomic E-state index is 13.1. The van der Waals surface area contributed by atoms with E-state index >= 15 is 0 Å². The lowest BCUT2D eigenvalue weighted by atomic mass is 10.1. The summed E-state index contributed by atoms with van der Waals surface area (Å²) < 4.78 is 5.30. The van der Waals surface area contributed by atoms with Gasteiger partial charge in [-0.25, -0.2) is 0 Å². The number of aryl methyl sites for hydroxylation is 1. The highest BCUT2D eigenvalue weighted by Gasteiger charge is 2.32. The number of rotatable bonds is 4. The van der Waals surface area contributed by atoms with E-state index in [-0.39, 0.29) is 18.4 Å². The van der Waals surface area contributed by atoms with Crippen LogP contribution in [0.1, 0.15) is 21.6 Å². The van der Waals surface area contributed by atoms with E-state index in [1.807, 2.05) is 43.3 Å². The summed E-state index contributed by atoms with van der Waals surface area (Å²) in [6, 6.07) is 11.7. The first-order chi connectivity index (χ1) is 14.6. The van der Waals surface area contributed by atoms with Gasteiger partial charge in [0.25, 0.3) is 5.91 Å². The second-order valence-electron chi connectivity index (χ2n) is 7.70. The average molecular weight is 405 g/mol. The fraction of sp³-hybridized carbons (Fsp3) is 0.318. The number of ether oxygens (including phenoxy) is 1. The summed E-state index contributed by atoms with van der Waals surface area (Å²) >= 11 is 0. The van der Waals surface area contributed by atoms with E-state index in [9.17, 15) is 9.59 Å². The van der Waals surface area contributed by atoms with Crippen LogP contribution in [0.5, 0.6) is 0 Å². The van der Waals surface area contributed by atoms with Crippen molar-refractivity contribution in [1.82, 2.24) is 20.0 Å². The van der Waals surface area contributed by atoms with E-state index in [1.54, 1.807) is 9.80 Å². The van der Waals surface area contributed by atoms with Gasteiger partial charge in [0, 0.05) is 36.4 Å². The Morgan fingerprint density at radius 1 is 1.23 bits per heavy atom. The van der Waals surface area contributed by atoms with E-state index in [0.29, 0.717) is 38.4 Å². The molecule has 1 saturated heterocycles. The van der Waals surface area contributed by atoms with Gasteiger partial charge in [-0.1, -0.05) is 12.1 Å². The van der Waals surface area contributed by atoms with Crippen molar-refractivity contribution in [2.24, 2.45) is 0 Å². The third-order valence-corrected chi connectivity index (χ3v) is 5.73. The summed E-state index contributed by atoms with van der Waals surface area (Å²) in [6.07, 6.45) is 0. The van der Waals surface area contributed by atoms with Gasteiger partial charge in [-0.3, -0.25) is 14.7 Å². The average Bonchev–Trinajstić information content (AvgIpc) is 3.29. The topological polar surface area (TPSA) is 90.6 Å². The molecule has 0 radical (unpaired) electrons. The van der Waals surface area contributed by atoms with Crippen molar-refractivity contribution in [2.45, 2.75) is 13.5 Å². The summed E-state index contributed by atoms with van der Waals surface area (Å²) in [4.78, 5) is 29.1. The van der Waals surface area contributed by atoms with Gasteiger partial charge in [0.2, 0.25) is 5.91 Å². The zero-order valence-corrected chi connectivity index (χ0v) is 16.8. The van der Waals surface area contributed by atoms with Crippen LogP contribution in [0.3, 0.4) is 0 Å². The number of carbonyl (C=O) groups is 2. The summed E-state index contributed by atoms with van der Waals surface area (Å²) in [5.41, 5.74) is 5.05. The monoisotopic (exact) mass is 405 g/mol. The predicted molar refractivity (Wildman–Crippen MR) is 113 cm³/mol. The molecule has 0 aliphatic carbocycles. The quantitative estimate of drug-likeness (QED) is 0.696. The van der Waals surface area contributed by atoms with Crippen LogP contribution in [0, 0.1) is 6.92 Å². The maximum atomic E-state index is 13.1. The van der Waals surface area contributed by atoms with Gasteiger partial charge in [0.15, 0.2) is 0 Å². The third kappa shape index (κ3) is 3.29. The van der Waals surface area contributed by atoms with Gasteiger partial charge in [-0.15, -0.1) is 0 Å². The number of aromatic amines is 1. The number of fused-ring (bicyclic) bond motifs is 2. The molecule has 5 rings (SSSR count). The Morgan fingerprint density at radius 2 is 2.07 bits per heavy atom. The minimum Gasteiger partial charge on any atom is -0.378 e. The number of carbonyl (C=O) groups excluding carboxylic acids is 2. The van der Waals surface area contributed by atoms with Crippen molar-refractivity contribution in [1.29, 1.82) is 0 Å². The van der Waals surface area contributed by atoms with Crippen molar-refractivity contribution >= 4 is 34.1 Å². The fourth-order valence-corrected chi connectivity index (χ4v) is 4.11. The van der Waals surface area contributed by atoms with E-state index in [0.717, 1.165) is 33.5 Å². The lowest BCUT2D eigenvalue weighted by molar-refractivity contribution is -0.136. The summed E-state index contributed by atoms with van der Waals surface area (Å²) in [5.74, 6) is -0.153. The molecule has 2 N–H and O–H groups in total. The molecule has 2 aliphatic rings. The molecule has 2 amide bonds. The first-order valence-corrected chi connectivity index (χ1v) is 10.1. The van der Waals surface area contributed by atoms with Crippen LogP contribution in [0.2, 0.25) is 0 Å². The molecule has 1 fully saturated rings. The van der Waals surface area contributed by atoms with Gasteiger partial charge in [-0.05, 0) is 36.8 Å². The molecular formula is C22H23N5O3. The standard InChI is InChI=1S/C22H23N5O3/c1-14-17-6-5-16(11-19(17)25-24-14)23-18-4-2-3-15-12-27(22(29)21(15)18)13-20(28)26-7-9-30-10-8-26/h2-6,11,23H,7-10,12-13H2,1H3,(H,24,25). The molecule has 2 aliphatic heterocycles. The third-order valence-electron chi connectivity index (χ3n) is 5.73. The molecule has 2 aromatic carbocycles. The van der Waals surface area contributed by atoms with Crippen LogP contribution in [0.4, 0.5) is 11.4 Å². The SMILES string of the molecule is Cc1[nH]nc2cc(Nc3cccc4c3C(=O)N(CC(=O)N3CCOCC3)C4)ccc12. The lowest BCUT2D eigenvalue weighted by Gasteiger charge is -2.28. The molecule has 3 aromatic rings. The summed E-state index contributed by atoms with van der Waals surface area (Å²) in [6.45, 7) is 4.77. The van der Waals surface area contributed by atoms with Crippen LogP contribution in [0.25, 0.3) is 10.9 Å². The Balaban J connectivity index is 1.36. The number of anilines is 2. The molecule has 1 aromatic heterocycles. The van der Waals surface area contributed by atoms with E-state index in [1.165, 1.54) is 0 Å². The smallest absolute Gasteiger partial charge is 0.257 e. The van der Waals surface area contributed by atoms with E-state index in [4.69, 9.17) is 4.74 Å². The van der Waals surface area contributed by atoms with Crippen LogP contribution in [-0.4, -0.2) is 64.7 Å². The highest BCUT2D eigenvalue weighted by molar-refractivity contribution is 6.05. The van der Waals surface area contributed by atoms with Crippen molar-refractivity contribution in [3.05, 3.63) is 53.2 Å². The molecule has 0 bridgehead atoms. The molecule has 30 heavy (non-hydrogen) atoms. The Hall–Kier alpha value is -3.39. The second-order valence-corrected chi connectivity index (χ2v) is 7.70. The van der Waals surface area contributed by atoms with Crippen LogP contribution in [0.15, 0.2) is 36.4 Å². The molecule has 8 heteroatoms. The molecule has 8 nitrogen and oxygen atoms in total. The van der Waals surface area contributed by atoms with Gasteiger partial charge < -0.3 is 19.9 Å². The first kappa shape index (κ1) is 18.6. The number of morpholine rings is 1. The molecule has 0 atom stereocenters. The zero-order valence-electron chi connectivity index (χ0n) is 16.8. The number of benzene rings is 2. The maximum Gasteiger partial charge on any atom is 0.257 e. The number of hydrogen-bond acceptors (Lipinski definition) is 5. The van der Waals surface area contributed by atoms with Gasteiger partial charge in [0.05, 0.1) is 30.0 Å². The first-order valence-electron chi connectivity index (χ1n) is 10.1. The number of aromatic nitrogens is 2. The zero-order chi connectivity index (χ0) is 20.7. The van der Waals surface area contributed by atoms with Crippen molar-refractivity contribution < 1.29 is 14.3 Å². The molecule has 0 spiro atoms. The normalized spacial score (nSPS) is 16.2. The fourth-order valence-electron chi connectivity index (χ4n) is 4.11. The highest BCUT2D eigenvalue weighted by atomic mass is 16.5. The number of amides is 2. The number of hydrogen-bond donors (Lipinski definition) is 2. The van der Waals surface area contributed by atoms with Crippen LogP contribution in [-0.2, 0) is 16.1 Å². The van der Waals surface area contributed by atoms with Crippen LogP contribution < -0.4 is 5.32 Å². The molecule has 3 heterocycles. The second kappa shape index (κ2) is 7.46. The van der Waals surface area contributed by atoms with Crippen molar-refractivity contribution in [3.63, 3.8) is 0 Å². The minimum atomic E-state index is -0.119. The van der Waals surface area contributed by atoms with Crippen molar-refractivity contribution in [3.8, 4) is 0 Å². The van der Waals surface area contributed by atoms with Gasteiger partial charge in [-0.2, -0.15) is 5.10 Å². The Labute approximate surface area is 173 Å². The van der Waals surface area contributed by atoms with Gasteiger partial charge in [0.1, 0.15) is 6.54 Å². The molecule has 0 saturated carbocycles. The molecular weight excluding hydrogens is 382 g/mol. The Morgan fingerprint density at radius 3 is 2.90 bits per heavy atom. The minimum absolute atomic E-state index is 0.0340.